The molecule has 1 aromatic heterocycles. The Kier molecular flexibility index (Phi) is 6.69. The first-order chi connectivity index (χ1) is 14.5. The van der Waals surface area contributed by atoms with Crippen molar-refractivity contribution in [3.05, 3.63) is 91.6 Å². The van der Waals surface area contributed by atoms with Crippen LogP contribution in [0.2, 0.25) is 15.1 Å². The average molecular weight is 478 g/mol. The first kappa shape index (κ1) is 21.3. The van der Waals surface area contributed by atoms with Gasteiger partial charge in [-0.25, -0.2) is 0 Å². The molecule has 1 fully saturated rings. The highest BCUT2D eigenvalue weighted by molar-refractivity contribution is 7.08. The van der Waals surface area contributed by atoms with E-state index in [0.717, 1.165) is 16.8 Å². The molecule has 0 N–H and O–H groups in total. The van der Waals surface area contributed by atoms with E-state index in [1.165, 1.54) is 0 Å². The van der Waals surface area contributed by atoms with Gasteiger partial charge in [-0.2, -0.15) is 11.3 Å². The largest absolute Gasteiger partial charge is 0.360 e. The summed E-state index contributed by atoms with van der Waals surface area (Å²) in [5.41, 5.74) is 3.01. The minimum absolute atomic E-state index is 0.00187. The quantitative estimate of drug-likeness (QED) is 0.385. The van der Waals surface area contributed by atoms with Crippen molar-refractivity contribution in [3.8, 4) is 0 Å². The van der Waals surface area contributed by atoms with Gasteiger partial charge in [0.05, 0.1) is 16.8 Å². The normalized spacial score (nSPS) is 17.0. The highest BCUT2D eigenvalue weighted by atomic mass is 35.5. The third-order valence-electron chi connectivity index (χ3n) is 5.13. The lowest BCUT2D eigenvalue weighted by Gasteiger charge is -2.43. The molecule has 1 aliphatic heterocycles. The predicted molar refractivity (Wildman–Crippen MR) is 128 cm³/mol. The van der Waals surface area contributed by atoms with Gasteiger partial charge in [0.1, 0.15) is 0 Å². The van der Waals surface area contributed by atoms with Crippen molar-refractivity contribution in [3.63, 3.8) is 0 Å². The lowest BCUT2D eigenvalue weighted by atomic mass is 10.0. The third-order valence-corrected chi connectivity index (χ3v) is 6.62. The van der Waals surface area contributed by atoms with Gasteiger partial charge in [-0.15, -0.1) is 0 Å². The lowest BCUT2D eigenvalue weighted by molar-refractivity contribution is -0.126. The minimum Gasteiger partial charge on any atom is -0.360 e. The van der Waals surface area contributed by atoms with Crippen LogP contribution < -0.4 is 4.90 Å². The molecular weight excluding hydrogens is 459 g/mol. The summed E-state index contributed by atoms with van der Waals surface area (Å²) in [6.45, 7) is 1.82. The van der Waals surface area contributed by atoms with E-state index >= 15 is 0 Å². The maximum absolute atomic E-state index is 12.8. The van der Waals surface area contributed by atoms with Gasteiger partial charge < -0.3 is 9.80 Å². The number of carbonyl (C=O) groups is 1. The van der Waals surface area contributed by atoms with Crippen molar-refractivity contribution in [1.29, 1.82) is 0 Å². The Labute approximate surface area is 195 Å². The van der Waals surface area contributed by atoms with Crippen LogP contribution in [0.3, 0.4) is 0 Å². The Morgan fingerprint density at radius 1 is 1.00 bits per heavy atom. The molecule has 0 spiro atoms. The monoisotopic (exact) mass is 476 g/mol. The zero-order valence-corrected chi connectivity index (χ0v) is 19.1. The number of piperazine rings is 1. The summed E-state index contributed by atoms with van der Waals surface area (Å²) >= 11 is 20.3. The molecule has 0 bridgehead atoms. The van der Waals surface area contributed by atoms with E-state index in [2.05, 4.69) is 4.90 Å². The van der Waals surface area contributed by atoms with Gasteiger partial charge >= 0.3 is 0 Å². The number of hydrogen-bond acceptors (Lipinski definition) is 3. The van der Waals surface area contributed by atoms with Crippen LogP contribution in [-0.4, -0.2) is 30.4 Å². The summed E-state index contributed by atoms with van der Waals surface area (Å²) in [6, 6.07) is 15.2. The van der Waals surface area contributed by atoms with Gasteiger partial charge in [0.25, 0.3) is 0 Å². The summed E-state index contributed by atoms with van der Waals surface area (Å²) in [7, 11) is 0. The number of carbonyl (C=O) groups excluding carboxylic acids is 1. The van der Waals surface area contributed by atoms with Crippen molar-refractivity contribution < 1.29 is 4.79 Å². The highest BCUT2D eigenvalue weighted by Crippen LogP contribution is 2.36. The summed E-state index contributed by atoms with van der Waals surface area (Å²) in [4.78, 5) is 16.9. The number of halogens is 3. The molecule has 0 radical (unpaired) electrons. The number of hydrogen-bond donors (Lipinski definition) is 0. The molecule has 1 aliphatic rings. The predicted octanol–water partition coefficient (Wildman–Crippen LogP) is 6.81. The van der Waals surface area contributed by atoms with E-state index in [1.54, 1.807) is 23.5 Å². The Hall–Kier alpha value is -1.98. The maximum atomic E-state index is 12.8. The average Bonchev–Trinajstić information content (AvgIpc) is 3.26. The number of benzene rings is 2. The second-order valence-electron chi connectivity index (χ2n) is 7.03. The van der Waals surface area contributed by atoms with Crippen LogP contribution >= 0.6 is 46.1 Å². The SMILES string of the molecule is O=C(/C=C/c1ccsc1)N1CCN(c2ccc(Cl)cc2Cl)C(c2ccc(Cl)cc2)C1. The molecule has 30 heavy (non-hydrogen) atoms. The van der Waals surface area contributed by atoms with E-state index < -0.39 is 0 Å². The van der Waals surface area contributed by atoms with Crippen LogP contribution in [0, 0.1) is 0 Å². The molecule has 1 atom stereocenters. The van der Waals surface area contributed by atoms with Gasteiger partial charge in [-0.1, -0.05) is 46.9 Å². The van der Waals surface area contributed by atoms with Gasteiger partial charge in [0.2, 0.25) is 5.91 Å². The van der Waals surface area contributed by atoms with Gasteiger partial charge in [-0.3, -0.25) is 4.79 Å². The van der Waals surface area contributed by atoms with Gasteiger partial charge in [-0.05, 0) is 64.4 Å². The van der Waals surface area contributed by atoms with E-state index in [9.17, 15) is 4.79 Å². The Balaban J connectivity index is 1.61. The zero-order valence-electron chi connectivity index (χ0n) is 16.0. The third kappa shape index (κ3) is 4.84. The number of amides is 1. The summed E-state index contributed by atoms with van der Waals surface area (Å²) in [5.74, 6) is 0.00187. The van der Waals surface area contributed by atoms with E-state index in [1.807, 2.05) is 64.2 Å². The van der Waals surface area contributed by atoms with Gasteiger partial charge in [0, 0.05) is 35.8 Å². The first-order valence-corrected chi connectivity index (χ1v) is 11.6. The fourth-order valence-corrected chi connectivity index (χ4v) is 4.87. The molecule has 3 aromatic rings. The second kappa shape index (κ2) is 9.44. The van der Waals surface area contributed by atoms with Crippen molar-refractivity contribution >= 4 is 63.8 Å². The fourth-order valence-electron chi connectivity index (χ4n) is 3.60. The molecule has 1 saturated heterocycles. The van der Waals surface area contributed by atoms with Crippen LogP contribution in [0.25, 0.3) is 6.08 Å². The minimum atomic E-state index is -0.0480. The zero-order chi connectivity index (χ0) is 21.1. The van der Waals surface area contributed by atoms with Crippen LogP contribution in [-0.2, 0) is 4.79 Å². The van der Waals surface area contributed by atoms with Crippen LogP contribution in [0.4, 0.5) is 5.69 Å². The fraction of sp³-hybridized carbons (Fsp3) is 0.174. The van der Waals surface area contributed by atoms with Crippen LogP contribution in [0.5, 0.6) is 0 Å². The number of thiophene rings is 1. The Morgan fingerprint density at radius 3 is 2.47 bits per heavy atom. The maximum Gasteiger partial charge on any atom is 0.246 e. The molecule has 7 heteroatoms. The first-order valence-electron chi connectivity index (χ1n) is 9.47. The van der Waals surface area contributed by atoms with E-state index in [-0.39, 0.29) is 11.9 Å². The molecular formula is C23H19Cl3N2OS. The Bertz CT molecular complexity index is 1050. The van der Waals surface area contributed by atoms with E-state index in [0.29, 0.717) is 34.7 Å². The summed E-state index contributed by atoms with van der Waals surface area (Å²) in [5, 5.41) is 5.88. The molecule has 0 saturated carbocycles. The molecule has 4 rings (SSSR count). The molecule has 0 aliphatic carbocycles. The van der Waals surface area contributed by atoms with Crippen LogP contribution in [0.15, 0.2) is 65.4 Å². The second-order valence-corrected chi connectivity index (χ2v) is 9.09. The van der Waals surface area contributed by atoms with Gasteiger partial charge in [0.15, 0.2) is 0 Å². The molecule has 2 heterocycles. The van der Waals surface area contributed by atoms with Crippen molar-refractivity contribution in [1.82, 2.24) is 4.90 Å². The van der Waals surface area contributed by atoms with Crippen molar-refractivity contribution in [2.45, 2.75) is 6.04 Å². The summed E-state index contributed by atoms with van der Waals surface area (Å²) < 4.78 is 0. The standard InChI is InChI=1S/C23H19Cl3N2OS/c24-18-4-2-17(3-5-18)22-14-27(23(29)8-1-16-9-12-30-15-16)10-11-28(22)21-7-6-19(25)13-20(21)26/h1-9,12-13,15,22H,10-11,14H2/b8-1+. The lowest BCUT2D eigenvalue weighted by Crippen LogP contribution is -2.50. The molecule has 1 unspecified atom stereocenters. The molecule has 154 valence electrons. The number of rotatable bonds is 4. The van der Waals surface area contributed by atoms with Crippen molar-refractivity contribution in [2.24, 2.45) is 0 Å². The number of nitrogens with zero attached hydrogens (tertiary/aromatic N) is 2. The van der Waals surface area contributed by atoms with Crippen molar-refractivity contribution in [2.75, 3.05) is 24.5 Å². The van der Waals surface area contributed by atoms with E-state index in [4.69, 9.17) is 34.8 Å². The molecule has 2 aromatic carbocycles. The summed E-state index contributed by atoms with van der Waals surface area (Å²) in [6.07, 6.45) is 3.50. The highest BCUT2D eigenvalue weighted by Gasteiger charge is 2.31. The molecule has 3 nitrogen and oxygen atoms in total. The topological polar surface area (TPSA) is 23.6 Å². The molecule has 1 amide bonds. The number of anilines is 1. The smallest absolute Gasteiger partial charge is 0.246 e. The Morgan fingerprint density at radius 2 is 1.77 bits per heavy atom. The van der Waals surface area contributed by atoms with Crippen LogP contribution in [0.1, 0.15) is 17.2 Å².